The van der Waals surface area contributed by atoms with Gasteiger partial charge in [0.15, 0.2) is 0 Å². The van der Waals surface area contributed by atoms with Gasteiger partial charge in [0.1, 0.15) is 5.78 Å². The number of rotatable bonds is 8. The van der Waals surface area contributed by atoms with E-state index < -0.39 is 0 Å². The van der Waals surface area contributed by atoms with E-state index >= 15 is 0 Å². The van der Waals surface area contributed by atoms with Crippen LogP contribution in [0.3, 0.4) is 0 Å². The van der Waals surface area contributed by atoms with Gasteiger partial charge in [-0.15, -0.1) is 0 Å². The number of hydrogen-bond donors (Lipinski definition) is 0. The average molecular weight is 287 g/mol. The third kappa shape index (κ3) is 3.74. The summed E-state index contributed by atoms with van der Waals surface area (Å²) in [7, 11) is 0. The van der Waals surface area contributed by atoms with Crippen molar-refractivity contribution in [3.8, 4) is 0 Å². The molecule has 1 fully saturated rings. The molecule has 0 aliphatic heterocycles. The van der Waals surface area contributed by atoms with Crippen molar-refractivity contribution < 1.29 is 4.79 Å². The molecule has 1 aliphatic carbocycles. The standard InChI is InChI=1S/C19H29NO/c1-3-20(4-2)16-10-13-18(21)19(14-8-9-15-19)17-11-6-5-7-12-17/h5-7,11-12H,3-4,8-10,13-16H2,1-2H3. The van der Waals surface area contributed by atoms with Crippen LogP contribution < -0.4 is 0 Å². The van der Waals surface area contributed by atoms with Gasteiger partial charge in [0.25, 0.3) is 0 Å². The average Bonchev–Trinajstić information content (AvgIpc) is 3.03. The van der Waals surface area contributed by atoms with Crippen molar-refractivity contribution in [2.24, 2.45) is 0 Å². The zero-order chi connectivity index (χ0) is 15.1. The van der Waals surface area contributed by atoms with Crippen LogP contribution in [0.2, 0.25) is 0 Å². The predicted octanol–water partition coefficient (Wildman–Crippen LogP) is 4.19. The molecule has 0 bridgehead atoms. The van der Waals surface area contributed by atoms with Crippen molar-refractivity contribution >= 4 is 5.78 Å². The van der Waals surface area contributed by atoms with Crippen LogP contribution in [0.15, 0.2) is 30.3 Å². The monoisotopic (exact) mass is 287 g/mol. The van der Waals surface area contributed by atoms with E-state index in [1.54, 1.807) is 0 Å². The predicted molar refractivity (Wildman–Crippen MR) is 88.6 cm³/mol. The molecule has 0 N–H and O–H groups in total. The first kappa shape index (κ1) is 16.2. The second-order valence-electron chi connectivity index (χ2n) is 6.21. The topological polar surface area (TPSA) is 20.3 Å². The summed E-state index contributed by atoms with van der Waals surface area (Å²) >= 11 is 0. The van der Waals surface area contributed by atoms with E-state index in [4.69, 9.17) is 0 Å². The fourth-order valence-electron chi connectivity index (χ4n) is 3.71. The minimum absolute atomic E-state index is 0.176. The molecule has 1 saturated carbocycles. The molecule has 2 nitrogen and oxygen atoms in total. The Hall–Kier alpha value is -1.15. The zero-order valence-corrected chi connectivity index (χ0v) is 13.6. The van der Waals surface area contributed by atoms with Crippen LogP contribution in [0.5, 0.6) is 0 Å². The van der Waals surface area contributed by atoms with Gasteiger partial charge in [-0.25, -0.2) is 0 Å². The van der Waals surface area contributed by atoms with Crippen LogP contribution in [0, 0.1) is 0 Å². The molecular formula is C19H29NO. The largest absolute Gasteiger partial charge is 0.304 e. The number of nitrogens with zero attached hydrogens (tertiary/aromatic N) is 1. The lowest BCUT2D eigenvalue weighted by atomic mass is 9.74. The Morgan fingerprint density at radius 2 is 1.71 bits per heavy atom. The number of carbonyl (C=O) groups is 1. The first-order valence-electron chi connectivity index (χ1n) is 8.54. The molecule has 1 aromatic rings. The fraction of sp³-hybridized carbons (Fsp3) is 0.632. The molecule has 0 radical (unpaired) electrons. The van der Waals surface area contributed by atoms with Crippen molar-refractivity contribution in [1.29, 1.82) is 0 Å². The van der Waals surface area contributed by atoms with Gasteiger partial charge in [0.2, 0.25) is 0 Å². The second kappa shape index (κ2) is 7.74. The molecule has 0 atom stereocenters. The van der Waals surface area contributed by atoms with Crippen molar-refractivity contribution in [3.05, 3.63) is 35.9 Å². The van der Waals surface area contributed by atoms with Crippen LogP contribution in [-0.4, -0.2) is 30.3 Å². The lowest BCUT2D eigenvalue weighted by Gasteiger charge is -2.28. The third-order valence-corrected chi connectivity index (χ3v) is 5.09. The number of carbonyl (C=O) groups excluding carboxylic acids is 1. The maximum atomic E-state index is 12.9. The van der Waals surface area contributed by atoms with Gasteiger partial charge in [-0.3, -0.25) is 4.79 Å². The SMILES string of the molecule is CCN(CC)CCCC(=O)C1(c2ccccc2)CCCC1. The van der Waals surface area contributed by atoms with Crippen molar-refractivity contribution in [2.45, 2.75) is 57.8 Å². The van der Waals surface area contributed by atoms with E-state index in [0.717, 1.165) is 45.3 Å². The van der Waals surface area contributed by atoms with E-state index in [1.807, 2.05) is 6.07 Å². The highest BCUT2D eigenvalue weighted by molar-refractivity contribution is 5.90. The van der Waals surface area contributed by atoms with E-state index in [0.29, 0.717) is 5.78 Å². The number of ketones is 1. The smallest absolute Gasteiger partial charge is 0.143 e. The molecule has 0 saturated heterocycles. The van der Waals surface area contributed by atoms with Gasteiger partial charge in [0, 0.05) is 6.42 Å². The van der Waals surface area contributed by atoms with Crippen LogP contribution in [0.1, 0.15) is 57.9 Å². The van der Waals surface area contributed by atoms with Gasteiger partial charge in [0.05, 0.1) is 5.41 Å². The highest BCUT2D eigenvalue weighted by Gasteiger charge is 2.41. The van der Waals surface area contributed by atoms with Gasteiger partial charge < -0.3 is 4.90 Å². The third-order valence-electron chi connectivity index (χ3n) is 5.09. The molecule has 116 valence electrons. The van der Waals surface area contributed by atoms with Crippen LogP contribution >= 0.6 is 0 Å². The summed E-state index contributed by atoms with van der Waals surface area (Å²) in [5.41, 5.74) is 1.07. The molecule has 0 spiro atoms. The lowest BCUT2D eigenvalue weighted by molar-refractivity contribution is -0.124. The molecule has 1 aromatic carbocycles. The maximum Gasteiger partial charge on any atom is 0.143 e. The molecule has 0 amide bonds. The van der Waals surface area contributed by atoms with Crippen LogP contribution in [0.4, 0.5) is 0 Å². The highest BCUT2D eigenvalue weighted by Crippen LogP contribution is 2.42. The quantitative estimate of drug-likeness (QED) is 0.714. The van der Waals surface area contributed by atoms with Crippen molar-refractivity contribution in [1.82, 2.24) is 4.90 Å². The minimum atomic E-state index is -0.176. The Balaban J connectivity index is 2.00. The first-order chi connectivity index (χ1) is 10.2. The van der Waals surface area contributed by atoms with Gasteiger partial charge in [-0.2, -0.15) is 0 Å². The molecule has 0 unspecified atom stereocenters. The highest BCUT2D eigenvalue weighted by atomic mass is 16.1. The molecule has 0 heterocycles. The minimum Gasteiger partial charge on any atom is -0.304 e. The Labute approximate surface area is 129 Å². The first-order valence-corrected chi connectivity index (χ1v) is 8.54. The molecule has 2 heteroatoms. The van der Waals surface area contributed by atoms with E-state index in [-0.39, 0.29) is 5.41 Å². The molecule has 1 aliphatic rings. The number of benzene rings is 1. The van der Waals surface area contributed by atoms with Gasteiger partial charge >= 0.3 is 0 Å². The lowest BCUT2D eigenvalue weighted by Crippen LogP contribution is -2.33. The summed E-state index contributed by atoms with van der Waals surface area (Å²) in [6.07, 6.45) is 6.19. The molecular weight excluding hydrogens is 258 g/mol. The second-order valence-corrected chi connectivity index (χ2v) is 6.21. The number of hydrogen-bond acceptors (Lipinski definition) is 2. The fourth-order valence-corrected chi connectivity index (χ4v) is 3.71. The Bertz CT molecular complexity index is 430. The molecule has 2 rings (SSSR count). The van der Waals surface area contributed by atoms with Gasteiger partial charge in [-0.05, 0) is 44.5 Å². The van der Waals surface area contributed by atoms with Crippen molar-refractivity contribution in [2.75, 3.05) is 19.6 Å². The summed E-state index contributed by atoms with van der Waals surface area (Å²) in [4.78, 5) is 15.3. The van der Waals surface area contributed by atoms with E-state index in [9.17, 15) is 4.79 Å². The Morgan fingerprint density at radius 3 is 2.29 bits per heavy atom. The summed E-state index contributed by atoms with van der Waals surface area (Å²) in [5, 5.41) is 0. The van der Waals surface area contributed by atoms with Crippen LogP contribution in [0.25, 0.3) is 0 Å². The summed E-state index contributed by atoms with van der Waals surface area (Å²) in [6, 6.07) is 10.5. The number of Topliss-reactive ketones (excluding diaryl/α,β-unsaturated/α-hetero) is 1. The summed E-state index contributed by atoms with van der Waals surface area (Å²) in [6.45, 7) is 7.58. The van der Waals surface area contributed by atoms with E-state index in [2.05, 4.69) is 43.0 Å². The Kier molecular flexibility index (Phi) is 5.98. The normalized spacial score (nSPS) is 17.3. The maximum absolute atomic E-state index is 12.9. The summed E-state index contributed by atoms with van der Waals surface area (Å²) in [5.74, 6) is 0.471. The van der Waals surface area contributed by atoms with Crippen LogP contribution in [-0.2, 0) is 10.2 Å². The van der Waals surface area contributed by atoms with Gasteiger partial charge in [-0.1, -0.05) is 57.0 Å². The van der Waals surface area contributed by atoms with E-state index in [1.165, 1.54) is 18.4 Å². The molecule has 21 heavy (non-hydrogen) atoms. The summed E-state index contributed by atoms with van der Waals surface area (Å²) < 4.78 is 0. The molecule has 0 aromatic heterocycles. The van der Waals surface area contributed by atoms with Crippen molar-refractivity contribution in [3.63, 3.8) is 0 Å². The zero-order valence-electron chi connectivity index (χ0n) is 13.6. The Morgan fingerprint density at radius 1 is 1.10 bits per heavy atom.